The molecule has 5 rings (SSSR count). The van der Waals surface area contributed by atoms with E-state index in [0.717, 1.165) is 24.9 Å². The van der Waals surface area contributed by atoms with Crippen LogP contribution in [0.15, 0.2) is 77.6 Å². The van der Waals surface area contributed by atoms with Gasteiger partial charge in [-0.1, -0.05) is 41.9 Å². The first-order valence-electron chi connectivity index (χ1n) is 12.6. The molecule has 3 aromatic carbocycles. The van der Waals surface area contributed by atoms with Gasteiger partial charge >= 0.3 is 5.97 Å². The van der Waals surface area contributed by atoms with Gasteiger partial charge in [-0.2, -0.15) is 0 Å². The number of nitrogens with zero attached hydrogens (tertiary/aromatic N) is 1. The van der Waals surface area contributed by atoms with Crippen molar-refractivity contribution in [3.63, 3.8) is 0 Å². The molecule has 1 atom stereocenters. The molecule has 1 unspecified atom stereocenters. The van der Waals surface area contributed by atoms with Gasteiger partial charge in [0.2, 0.25) is 0 Å². The summed E-state index contributed by atoms with van der Waals surface area (Å²) in [5.74, 6) is -0.770. The van der Waals surface area contributed by atoms with Gasteiger partial charge in [-0.15, -0.1) is 0 Å². The van der Waals surface area contributed by atoms with Gasteiger partial charge in [-0.25, -0.2) is 4.79 Å². The third-order valence-electron chi connectivity index (χ3n) is 6.89. The van der Waals surface area contributed by atoms with Gasteiger partial charge in [0, 0.05) is 46.2 Å². The zero-order valence-electron chi connectivity index (χ0n) is 21.0. The minimum Gasteiger partial charge on any atom is -0.464 e. The van der Waals surface area contributed by atoms with E-state index in [1.807, 2.05) is 42.5 Å². The molecule has 0 bridgehead atoms. The molecule has 1 aliphatic heterocycles. The number of hydrogen-bond acceptors (Lipinski definition) is 5. The highest BCUT2D eigenvalue weighted by atomic mass is 35.5. The van der Waals surface area contributed by atoms with Crippen LogP contribution in [0.3, 0.4) is 0 Å². The van der Waals surface area contributed by atoms with Gasteiger partial charge in [-0.05, 0) is 67.4 Å². The van der Waals surface area contributed by atoms with Crippen LogP contribution < -0.4 is 16.1 Å². The molecule has 2 N–H and O–H groups in total. The number of esters is 1. The van der Waals surface area contributed by atoms with Crippen LogP contribution in [-0.2, 0) is 11.2 Å². The number of nitrogens with one attached hydrogen (secondary N) is 2. The third-order valence-corrected chi connectivity index (χ3v) is 7.13. The predicted octanol–water partition coefficient (Wildman–Crippen LogP) is 4.50. The van der Waals surface area contributed by atoms with Gasteiger partial charge < -0.3 is 19.9 Å². The van der Waals surface area contributed by atoms with E-state index in [0.29, 0.717) is 45.3 Å². The number of para-hydroxylation sites is 1. The number of aromatic nitrogens is 1. The molecule has 0 saturated carbocycles. The summed E-state index contributed by atoms with van der Waals surface area (Å²) < 4.78 is 6.87. The lowest BCUT2D eigenvalue weighted by Gasteiger charge is -2.19. The van der Waals surface area contributed by atoms with E-state index >= 15 is 0 Å². The van der Waals surface area contributed by atoms with Crippen LogP contribution in [0.5, 0.6) is 0 Å². The van der Waals surface area contributed by atoms with Gasteiger partial charge in [0.1, 0.15) is 5.69 Å². The van der Waals surface area contributed by atoms with E-state index in [1.165, 1.54) is 7.11 Å². The summed E-state index contributed by atoms with van der Waals surface area (Å²) in [6.45, 7) is 1.57. The zero-order valence-corrected chi connectivity index (χ0v) is 21.8. The van der Waals surface area contributed by atoms with Crippen molar-refractivity contribution in [1.82, 2.24) is 15.2 Å². The molecule has 8 heteroatoms. The number of methoxy groups -OCH3 is 1. The van der Waals surface area contributed by atoms with Crippen molar-refractivity contribution in [1.29, 1.82) is 0 Å². The fraction of sp³-hybridized carbons (Fsp3) is 0.233. The second kappa shape index (κ2) is 11.2. The SMILES string of the molecule is COC(=O)c1c(Cc2ccc(C(=O)NCC3CCCN3)cc2)c(=O)c2ccc(Cl)cc2n1-c1ccccc1. The first kappa shape index (κ1) is 25.7. The van der Waals surface area contributed by atoms with Gasteiger partial charge in [-0.3, -0.25) is 9.59 Å². The van der Waals surface area contributed by atoms with Crippen LogP contribution >= 0.6 is 11.6 Å². The summed E-state index contributed by atoms with van der Waals surface area (Å²) in [6.07, 6.45) is 2.36. The normalized spacial score (nSPS) is 14.9. The molecule has 0 spiro atoms. The average Bonchev–Trinajstić information content (AvgIpc) is 3.47. The van der Waals surface area contributed by atoms with Crippen LogP contribution in [-0.4, -0.2) is 42.7 Å². The first-order chi connectivity index (χ1) is 18.5. The van der Waals surface area contributed by atoms with Crippen LogP contribution in [0.4, 0.5) is 0 Å². The molecule has 1 amide bonds. The van der Waals surface area contributed by atoms with Gasteiger partial charge in [0.15, 0.2) is 5.43 Å². The van der Waals surface area contributed by atoms with Crippen molar-refractivity contribution >= 4 is 34.4 Å². The topological polar surface area (TPSA) is 89.4 Å². The van der Waals surface area contributed by atoms with Gasteiger partial charge in [0.05, 0.1) is 12.6 Å². The molecule has 7 nitrogen and oxygen atoms in total. The first-order valence-corrected chi connectivity index (χ1v) is 13.0. The smallest absolute Gasteiger partial charge is 0.355 e. The summed E-state index contributed by atoms with van der Waals surface area (Å²) >= 11 is 6.30. The molecule has 2 heterocycles. The van der Waals surface area contributed by atoms with Crippen molar-refractivity contribution in [3.8, 4) is 5.69 Å². The Morgan fingerprint density at radius 1 is 1.08 bits per heavy atom. The van der Waals surface area contributed by atoms with Crippen LogP contribution in [0.25, 0.3) is 16.6 Å². The zero-order chi connectivity index (χ0) is 26.6. The average molecular weight is 530 g/mol. The Bertz CT molecular complexity index is 1540. The summed E-state index contributed by atoms with van der Waals surface area (Å²) in [6, 6.07) is 21.7. The number of amides is 1. The molecular formula is C30H28ClN3O4. The molecule has 1 aromatic heterocycles. The number of fused-ring (bicyclic) bond motifs is 1. The maximum Gasteiger partial charge on any atom is 0.355 e. The van der Waals surface area contributed by atoms with Crippen LogP contribution in [0.1, 0.15) is 44.8 Å². The number of carbonyl (C=O) groups is 2. The Kier molecular flexibility index (Phi) is 7.58. The minimum atomic E-state index is -0.626. The van der Waals surface area contributed by atoms with E-state index in [4.69, 9.17) is 16.3 Å². The van der Waals surface area contributed by atoms with Crippen molar-refractivity contribution in [2.45, 2.75) is 25.3 Å². The Hall–Kier alpha value is -3.94. The molecule has 0 radical (unpaired) electrons. The molecule has 1 fully saturated rings. The minimum absolute atomic E-state index is 0.143. The van der Waals surface area contributed by atoms with Crippen LogP contribution in [0, 0.1) is 0 Å². The maximum absolute atomic E-state index is 13.7. The lowest BCUT2D eigenvalue weighted by atomic mass is 9.98. The highest BCUT2D eigenvalue weighted by molar-refractivity contribution is 6.31. The summed E-state index contributed by atoms with van der Waals surface area (Å²) in [7, 11) is 1.29. The third kappa shape index (κ3) is 5.21. The molecule has 1 aliphatic rings. The standard InChI is InChI=1S/C30H28ClN3O4/c1-38-30(37)27-25(16-19-9-11-20(12-10-19)29(36)33-18-22-6-5-15-32-22)28(35)24-14-13-21(31)17-26(24)34(27)23-7-3-2-4-8-23/h2-4,7-14,17,22,32H,5-6,15-16,18H2,1H3,(H,33,36). The number of pyridine rings is 1. The van der Waals surface area contributed by atoms with E-state index in [-0.39, 0.29) is 23.5 Å². The summed E-state index contributed by atoms with van der Waals surface area (Å²) in [5, 5.41) is 7.23. The Balaban J connectivity index is 1.54. The molecule has 4 aromatic rings. The second-order valence-corrected chi connectivity index (χ2v) is 9.79. The van der Waals surface area contributed by atoms with E-state index < -0.39 is 5.97 Å². The number of hydrogen-bond donors (Lipinski definition) is 2. The number of benzene rings is 3. The van der Waals surface area contributed by atoms with Crippen molar-refractivity contribution < 1.29 is 14.3 Å². The summed E-state index contributed by atoms with van der Waals surface area (Å²) in [4.78, 5) is 39.5. The maximum atomic E-state index is 13.7. The number of carbonyl (C=O) groups excluding carboxylic acids is 2. The van der Waals surface area contributed by atoms with E-state index in [9.17, 15) is 14.4 Å². The lowest BCUT2D eigenvalue weighted by Crippen LogP contribution is -2.37. The molecular weight excluding hydrogens is 502 g/mol. The Labute approximate surface area is 225 Å². The number of halogens is 1. The van der Waals surface area contributed by atoms with Crippen molar-refractivity contribution in [3.05, 3.63) is 110 Å². The monoisotopic (exact) mass is 529 g/mol. The predicted molar refractivity (Wildman–Crippen MR) is 149 cm³/mol. The van der Waals surface area contributed by atoms with Crippen molar-refractivity contribution in [2.75, 3.05) is 20.2 Å². The quantitative estimate of drug-likeness (QED) is 0.344. The highest BCUT2D eigenvalue weighted by Crippen LogP contribution is 2.26. The fourth-order valence-corrected chi connectivity index (χ4v) is 5.12. The fourth-order valence-electron chi connectivity index (χ4n) is 4.95. The van der Waals surface area contributed by atoms with Crippen molar-refractivity contribution in [2.24, 2.45) is 0 Å². The Morgan fingerprint density at radius 2 is 1.84 bits per heavy atom. The van der Waals surface area contributed by atoms with E-state index in [1.54, 1.807) is 34.9 Å². The lowest BCUT2D eigenvalue weighted by molar-refractivity contribution is 0.0589. The second-order valence-electron chi connectivity index (χ2n) is 9.36. The van der Waals surface area contributed by atoms with Crippen LogP contribution in [0.2, 0.25) is 5.02 Å². The highest BCUT2D eigenvalue weighted by Gasteiger charge is 2.24. The molecule has 1 saturated heterocycles. The molecule has 38 heavy (non-hydrogen) atoms. The largest absolute Gasteiger partial charge is 0.464 e. The molecule has 0 aliphatic carbocycles. The summed E-state index contributed by atoms with van der Waals surface area (Å²) in [5.41, 5.74) is 2.72. The van der Waals surface area contributed by atoms with Gasteiger partial charge in [0.25, 0.3) is 5.91 Å². The number of ether oxygens (including phenoxy) is 1. The molecule has 194 valence electrons. The van der Waals surface area contributed by atoms with E-state index in [2.05, 4.69) is 10.6 Å². The Morgan fingerprint density at radius 3 is 2.53 bits per heavy atom. The number of rotatable bonds is 7.